The number of carbonyl (C=O) groups excluding carboxylic acids is 1. The highest BCUT2D eigenvalue weighted by atomic mass is 16.4. The molecule has 0 aliphatic carbocycles. The lowest BCUT2D eigenvalue weighted by Gasteiger charge is -2.11. The van der Waals surface area contributed by atoms with Crippen molar-refractivity contribution in [3.8, 4) is 0 Å². The van der Waals surface area contributed by atoms with E-state index in [0.29, 0.717) is 17.8 Å². The van der Waals surface area contributed by atoms with Crippen LogP contribution in [0.1, 0.15) is 22.3 Å². The van der Waals surface area contributed by atoms with Gasteiger partial charge in [0.1, 0.15) is 0 Å². The van der Waals surface area contributed by atoms with Crippen LogP contribution in [0.5, 0.6) is 0 Å². The highest BCUT2D eigenvalue weighted by Crippen LogP contribution is 2.20. The Labute approximate surface area is 134 Å². The Morgan fingerprint density at radius 3 is 2.48 bits per heavy atom. The third-order valence-electron chi connectivity index (χ3n) is 3.26. The summed E-state index contributed by atoms with van der Waals surface area (Å²) in [6.07, 6.45) is -0.113. The van der Waals surface area contributed by atoms with Gasteiger partial charge in [0.05, 0.1) is 17.8 Å². The van der Waals surface area contributed by atoms with Crippen LogP contribution in [-0.2, 0) is 11.3 Å². The Morgan fingerprint density at radius 2 is 1.83 bits per heavy atom. The van der Waals surface area contributed by atoms with Crippen molar-refractivity contribution in [2.45, 2.75) is 13.0 Å². The topological polar surface area (TPSA) is 104 Å². The smallest absolute Gasteiger partial charge is 0.305 e. The van der Waals surface area contributed by atoms with Crippen molar-refractivity contribution < 1.29 is 14.7 Å². The number of hydrogen-bond acceptors (Lipinski definition) is 4. The van der Waals surface area contributed by atoms with E-state index in [4.69, 9.17) is 10.8 Å². The average Bonchev–Trinajstić information content (AvgIpc) is 2.54. The summed E-state index contributed by atoms with van der Waals surface area (Å²) in [6.45, 7) is 0.720. The van der Waals surface area contributed by atoms with Gasteiger partial charge in [-0.25, -0.2) is 0 Å². The number of carboxylic acid groups (broad SMARTS) is 1. The minimum absolute atomic E-state index is 0.0854. The molecule has 0 fully saturated rings. The Hall–Kier alpha value is -3.02. The Balaban J connectivity index is 1.94. The summed E-state index contributed by atoms with van der Waals surface area (Å²) in [4.78, 5) is 22.3. The summed E-state index contributed by atoms with van der Waals surface area (Å²) in [6, 6.07) is 14.9. The lowest BCUT2D eigenvalue weighted by molar-refractivity contribution is -0.136. The summed E-state index contributed by atoms with van der Waals surface area (Å²) < 4.78 is 0. The third kappa shape index (κ3) is 5.03. The summed E-state index contributed by atoms with van der Waals surface area (Å²) in [5.74, 6) is -1.29. The Morgan fingerprint density at radius 1 is 1.09 bits per heavy atom. The minimum Gasteiger partial charge on any atom is -0.481 e. The van der Waals surface area contributed by atoms with Crippen molar-refractivity contribution in [3.05, 3.63) is 59.7 Å². The van der Waals surface area contributed by atoms with Gasteiger partial charge >= 0.3 is 5.97 Å². The zero-order valence-corrected chi connectivity index (χ0v) is 12.6. The summed E-state index contributed by atoms with van der Waals surface area (Å²) in [5, 5.41) is 14.3. The monoisotopic (exact) mass is 313 g/mol. The maximum Gasteiger partial charge on any atom is 0.305 e. The number of benzene rings is 2. The number of aliphatic carboxylic acids is 1. The first-order valence-corrected chi connectivity index (χ1v) is 7.23. The van der Waals surface area contributed by atoms with Gasteiger partial charge in [-0.15, -0.1) is 0 Å². The highest BCUT2D eigenvalue weighted by molar-refractivity contribution is 5.96. The number of nitrogens with one attached hydrogen (secondary N) is 2. The molecule has 0 radical (unpaired) electrons. The normalized spacial score (nSPS) is 10.1. The molecule has 2 aromatic carbocycles. The van der Waals surface area contributed by atoms with Gasteiger partial charge in [-0.3, -0.25) is 9.59 Å². The van der Waals surface area contributed by atoms with Crippen LogP contribution >= 0.6 is 0 Å². The van der Waals surface area contributed by atoms with Crippen molar-refractivity contribution in [1.29, 1.82) is 0 Å². The third-order valence-corrected chi connectivity index (χ3v) is 3.26. The number of anilines is 2. The first-order valence-electron chi connectivity index (χ1n) is 7.23. The second kappa shape index (κ2) is 7.84. The van der Waals surface area contributed by atoms with E-state index in [9.17, 15) is 9.59 Å². The molecule has 0 aliphatic heterocycles. The molecule has 0 saturated carbocycles. The predicted octanol–water partition coefficient (Wildman–Crippen LogP) is 2.09. The molecule has 0 heterocycles. The van der Waals surface area contributed by atoms with Gasteiger partial charge in [0.2, 0.25) is 0 Å². The minimum atomic E-state index is -0.953. The van der Waals surface area contributed by atoms with Gasteiger partial charge < -0.3 is 21.5 Å². The SMILES string of the molecule is Nc1cc(C(=O)NCCC(=O)O)ccc1NCc1ccccc1. The largest absolute Gasteiger partial charge is 0.481 e. The molecule has 0 bridgehead atoms. The number of hydrogen-bond donors (Lipinski definition) is 4. The predicted molar refractivity (Wildman–Crippen MR) is 89.2 cm³/mol. The molecule has 0 atom stereocenters. The quantitative estimate of drug-likeness (QED) is 0.586. The molecule has 6 heteroatoms. The molecule has 0 aliphatic rings. The zero-order valence-electron chi connectivity index (χ0n) is 12.6. The molecule has 0 aromatic heterocycles. The standard InChI is InChI=1S/C17H19N3O3/c18-14-10-13(17(23)19-9-8-16(21)22)6-7-15(14)20-11-12-4-2-1-3-5-12/h1-7,10,20H,8-9,11,18H2,(H,19,23)(H,21,22). The molecule has 1 amide bonds. The molecule has 5 N–H and O–H groups in total. The number of nitrogens with two attached hydrogens (primary N) is 1. The lowest BCUT2D eigenvalue weighted by atomic mass is 10.1. The van der Waals surface area contributed by atoms with Crippen LogP contribution in [0.3, 0.4) is 0 Å². The van der Waals surface area contributed by atoms with Gasteiger partial charge in [0, 0.05) is 18.7 Å². The summed E-state index contributed by atoms with van der Waals surface area (Å²) in [7, 11) is 0. The van der Waals surface area contributed by atoms with E-state index >= 15 is 0 Å². The molecule has 0 spiro atoms. The maximum atomic E-state index is 11.9. The van der Waals surface area contributed by atoms with Crippen molar-refractivity contribution in [1.82, 2.24) is 5.32 Å². The first-order chi connectivity index (χ1) is 11.1. The number of nitrogen functional groups attached to an aromatic ring is 1. The molecule has 0 saturated heterocycles. The van der Waals surface area contributed by atoms with Crippen LogP contribution in [0.15, 0.2) is 48.5 Å². The second-order valence-electron chi connectivity index (χ2n) is 5.04. The number of carboxylic acids is 1. The lowest BCUT2D eigenvalue weighted by Crippen LogP contribution is -2.26. The highest BCUT2D eigenvalue weighted by Gasteiger charge is 2.08. The van der Waals surface area contributed by atoms with Crippen LogP contribution in [0.4, 0.5) is 11.4 Å². The number of amides is 1. The van der Waals surface area contributed by atoms with E-state index in [0.717, 1.165) is 11.3 Å². The molecule has 6 nitrogen and oxygen atoms in total. The van der Waals surface area contributed by atoms with E-state index in [-0.39, 0.29) is 18.9 Å². The van der Waals surface area contributed by atoms with Gasteiger partial charge in [-0.2, -0.15) is 0 Å². The van der Waals surface area contributed by atoms with Crippen LogP contribution in [0.25, 0.3) is 0 Å². The van der Waals surface area contributed by atoms with E-state index in [1.54, 1.807) is 18.2 Å². The molecular formula is C17H19N3O3. The van der Waals surface area contributed by atoms with Crippen LogP contribution < -0.4 is 16.4 Å². The van der Waals surface area contributed by atoms with Crippen LogP contribution in [0, 0.1) is 0 Å². The van der Waals surface area contributed by atoms with Crippen molar-refractivity contribution >= 4 is 23.3 Å². The van der Waals surface area contributed by atoms with Gasteiger partial charge in [0.15, 0.2) is 0 Å². The average molecular weight is 313 g/mol. The van der Waals surface area contributed by atoms with Gasteiger partial charge in [0.25, 0.3) is 5.91 Å². The molecule has 120 valence electrons. The second-order valence-corrected chi connectivity index (χ2v) is 5.04. The summed E-state index contributed by atoms with van der Waals surface area (Å²) >= 11 is 0. The van der Waals surface area contributed by atoms with E-state index < -0.39 is 5.97 Å². The van der Waals surface area contributed by atoms with Crippen molar-refractivity contribution in [3.63, 3.8) is 0 Å². The molecule has 23 heavy (non-hydrogen) atoms. The molecular weight excluding hydrogens is 294 g/mol. The zero-order chi connectivity index (χ0) is 16.7. The number of carbonyl (C=O) groups is 2. The van der Waals surface area contributed by atoms with Gasteiger partial charge in [-0.05, 0) is 23.8 Å². The Bertz CT molecular complexity index is 687. The fourth-order valence-corrected chi connectivity index (χ4v) is 2.04. The van der Waals surface area contributed by atoms with Crippen molar-refractivity contribution in [2.24, 2.45) is 0 Å². The molecule has 0 unspecified atom stereocenters. The van der Waals surface area contributed by atoms with E-state index in [2.05, 4.69) is 10.6 Å². The maximum absolute atomic E-state index is 11.9. The first kappa shape index (κ1) is 16.4. The van der Waals surface area contributed by atoms with Crippen LogP contribution in [-0.4, -0.2) is 23.5 Å². The molecule has 2 rings (SSSR count). The Kier molecular flexibility index (Phi) is 5.57. The van der Waals surface area contributed by atoms with Gasteiger partial charge in [-0.1, -0.05) is 30.3 Å². The van der Waals surface area contributed by atoms with Crippen LogP contribution in [0.2, 0.25) is 0 Å². The summed E-state index contributed by atoms with van der Waals surface area (Å²) in [5.41, 5.74) is 8.70. The van der Waals surface area contributed by atoms with E-state index in [1.807, 2.05) is 30.3 Å². The molecule has 2 aromatic rings. The van der Waals surface area contributed by atoms with Crippen molar-refractivity contribution in [2.75, 3.05) is 17.6 Å². The van der Waals surface area contributed by atoms with E-state index in [1.165, 1.54) is 0 Å². The fourth-order valence-electron chi connectivity index (χ4n) is 2.04. The fraction of sp³-hybridized carbons (Fsp3) is 0.176. The number of rotatable bonds is 7.